The number of hydrogen-bond acceptors (Lipinski definition) is 4. The van der Waals surface area contributed by atoms with Crippen molar-refractivity contribution in [2.45, 2.75) is 25.3 Å². The van der Waals surface area contributed by atoms with Crippen molar-refractivity contribution in [1.29, 1.82) is 0 Å². The maximum absolute atomic E-state index is 6.06. The van der Waals surface area contributed by atoms with E-state index in [-0.39, 0.29) is 6.04 Å². The summed E-state index contributed by atoms with van der Waals surface area (Å²) in [5, 5.41) is 3.12. The summed E-state index contributed by atoms with van der Waals surface area (Å²) in [6.45, 7) is 0. The maximum Gasteiger partial charge on any atom is 0.0940 e. The lowest BCUT2D eigenvalue weighted by Crippen LogP contribution is -2.23. The first kappa shape index (κ1) is 11.2. The number of aromatic nitrogens is 2. The van der Waals surface area contributed by atoms with E-state index < -0.39 is 0 Å². The molecule has 3 nitrogen and oxygen atoms in total. The van der Waals surface area contributed by atoms with E-state index in [0.717, 1.165) is 24.3 Å². The second kappa shape index (κ2) is 5.72. The van der Waals surface area contributed by atoms with Gasteiger partial charge in [-0.25, -0.2) is 4.98 Å². The van der Waals surface area contributed by atoms with Crippen LogP contribution in [0.15, 0.2) is 36.1 Å². The highest BCUT2D eigenvalue weighted by Crippen LogP contribution is 2.10. The summed E-state index contributed by atoms with van der Waals surface area (Å²) < 4.78 is 0. The molecule has 1 unspecified atom stereocenters. The van der Waals surface area contributed by atoms with Crippen molar-refractivity contribution in [3.8, 4) is 0 Å². The number of hydrogen-bond donors (Lipinski definition) is 1. The predicted molar refractivity (Wildman–Crippen MR) is 66.4 cm³/mol. The fourth-order valence-electron chi connectivity index (χ4n) is 1.58. The summed E-state index contributed by atoms with van der Waals surface area (Å²) in [6, 6.07) is 4.27. The molecule has 2 heterocycles. The smallest absolute Gasteiger partial charge is 0.0940 e. The van der Waals surface area contributed by atoms with Crippen molar-refractivity contribution in [2.75, 3.05) is 0 Å². The minimum atomic E-state index is 0.194. The molecule has 2 N–H and O–H groups in total. The highest BCUT2D eigenvalue weighted by atomic mass is 32.1. The van der Waals surface area contributed by atoms with Gasteiger partial charge in [0, 0.05) is 36.4 Å². The van der Waals surface area contributed by atoms with Crippen molar-refractivity contribution in [2.24, 2.45) is 5.73 Å². The highest BCUT2D eigenvalue weighted by molar-refractivity contribution is 7.09. The Balaban J connectivity index is 1.78. The van der Waals surface area contributed by atoms with Gasteiger partial charge in [0.1, 0.15) is 0 Å². The zero-order valence-electron chi connectivity index (χ0n) is 9.04. The summed E-state index contributed by atoms with van der Waals surface area (Å²) in [5.41, 5.74) is 7.36. The van der Waals surface area contributed by atoms with E-state index in [1.54, 1.807) is 11.3 Å². The monoisotopic (exact) mass is 233 g/mol. The third kappa shape index (κ3) is 3.40. The molecule has 0 aliphatic rings. The van der Waals surface area contributed by atoms with Crippen LogP contribution in [0.3, 0.4) is 0 Å². The third-order valence-electron chi connectivity index (χ3n) is 2.47. The number of nitrogens with zero attached hydrogens (tertiary/aromatic N) is 2. The fourth-order valence-corrected chi connectivity index (χ4v) is 2.29. The molecule has 0 radical (unpaired) electrons. The second-order valence-corrected chi connectivity index (χ2v) is 4.76. The Labute approximate surface area is 99.4 Å². The first-order valence-electron chi connectivity index (χ1n) is 5.37. The van der Waals surface area contributed by atoms with E-state index in [1.165, 1.54) is 5.56 Å². The molecule has 0 amide bonds. The van der Waals surface area contributed by atoms with Crippen LogP contribution in [-0.2, 0) is 12.8 Å². The Bertz CT molecular complexity index is 399. The van der Waals surface area contributed by atoms with Crippen LogP contribution in [-0.4, -0.2) is 16.0 Å². The van der Waals surface area contributed by atoms with Crippen molar-refractivity contribution < 1.29 is 0 Å². The molecule has 1 atom stereocenters. The summed E-state index contributed by atoms with van der Waals surface area (Å²) in [4.78, 5) is 8.23. The molecular formula is C12H15N3S. The first-order valence-corrected chi connectivity index (χ1v) is 6.25. The Morgan fingerprint density at radius 3 is 2.75 bits per heavy atom. The van der Waals surface area contributed by atoms with Crippen LogP contribution in [0.2, 0.25) is 0 Å². The largest absolute Gasteiger partial charge is 0.327 e. The SMILES string of the molecule is NC(CCc1ccncc1)Cc1nccs1. The van der Waals surface area contributed by atoms with Gasteiger partial charge in [0.15, 0.2) is 0 Å². The van der Waals surface area contributed by atoms with Crippen molar-refractivity contribution >= 4 is 11.3 Å². The normalized spacial score (nSPS) is 12.6. The quantitative estimate of drug-likeness (QED) is 0.859. The summed E-state index contributed by atoms with van der Waals surface area (Å²) in [6.07, 6.45) is 8.35. The molecule has 2 rings (SSSR count). The van der Waals surface area contributed by atoms with E-state index in [9.17, 15) is 0 Å². The molecular weight excluding hydrogens is 218 g/mol. The van der Waals surface area contributed by atoms with Crippen LogP contribution < -0.4 is 5.73 Å². The lowest BCUT2D eigenvalue weighted by Gasteiger charge is -2.09. The number of aryl methyl sites for hydroxylation is 1. The topological polar surface area (TPSA) is 51.8 Å². The van der Waals surface area contributed by atoms with Crippen LogP contribution in [0.25, 0.3) is 0 Å². The Kier molecular flexibility index (Phi) is 4.02. The second-order valence-electron chi connectivity index (χ2n) is 3.78. The van der Waals surface area contributed by atoms with Crippen molar-refractivity contribution in [1.82, 2.24) is 9.97 Å². The zero-order valence-corrected chi connectivity index (χ0v) is 9.86. The summed E-state index contributed by atoms with van der Waals surface area (Å²) >= 11 is 1.67. The Morgan fingerprint density at radius 2 is 2.06 bits per heavy atom. The predicted octanol–water partition coefficient (Wildman–Crippen LogP) is 2.04. The van der Waals surface area contributed by atoms with Gasteiger partial charge in [-0.3, -0.25) is 4.98 Å². The number of rotatable bonds is 5. The summed E-state index contributed by atoms with van der Waals surface area (Å²) in [5.74, 6) is 0. The van der Waals surface area contributed by atoms with Gasteiger partial charge in [-0.05, 0) is 30.5 Å². The summed E-state index contributed by atoms with van der Waals surface area (Å²) in [7, 11) is 0. The molecule has 84 valence electrons. The van der Waals surface area contributed by atoms with Crippen molar-refractivity contribution in [3.63, 3.8) is 0 Å². The molecule has 0 aromatic carbocycles. The standard InChI is InChI=1S/C12H15N3S/c13-11(9-12-15-7-8-16-12)2-1-10-3-5-14-6-4-10/h3-8,11H,1-2,9,13H2. The molecule has 0 aliphatic carbocycles. The third-order valence-corrected chi connectivity index (χ3v) is 3.28. The number of nitrogens with two attached hydrogens (primary N) is 1. The van der Waals surface area contributed by atoms with Crippen LogP contribution in [0, 0.1) is 0 Å². The molecule has 0 saturated carbocycles. The van der Waals surface area contributed by atoms with Crippen LogP contribution in [0.1, 0.15) is 17.0 Å². The first-order chi connectivity index (χ1) is 7.84. The van der Waals surface area contributed by atoms with Gasteiger partial charge < -0.3 is 5.73 Å². The molecule has 16 heavy (non-hydrogen) atoms. The van der Waals surface area contributed by atoms with E-state index in [2.05, 4.69) is 9.97 Å². The van der Waals surface area contributed by atoms with Gasteiger partial charge in [0.2, 0.25) is 0 Å². The van der Waals surface area contributed by atoms with Gasteiger partial charge in [-0.15, -0.1) is 11.3 Å². The molecule has 0 saturated heterocycles. The number of pyridine rings is 1. The van der Waals surface area contributed by atoms with E-state index in [0.29, 0.717) is 0 Å². The van der Waals surface area contributed by atoms with Crippen LogP contribution in [0.5, 0.6) is 0 Å². The Morgan fingerprint density at radius 1 is 1.25 bits per heavy atom. The van der Waals surface area contributed by atoms with Gasteiger partial charge >= 0.3 is 0 Å². The van der Waals surface area contributed by atoms with E-state index in [4.69, 9.17) is 5.73 Å². The lowest BCUT2D eigenvalue weighted by atomic mass is 10.1. The maximum atomic E-state index is 6.06. The molecule has 0 bridgehead atoms. The molecule has 0 fully saturated rings. The molecule has 0 aliphatic heterocycles. The van der Waals surface area contributed by atoms with Crippen LogP contribution >= 0.6 is 11.3 Å². The molecule has 4 heteroatoms. The Hall–Kier alpha value is -1.26. The lowest BCUT2D eigenvalue weighted by molar-refractivity contribution is 0.608. The number of thiazole rings is 1. The van der Waals surface area contributed by atoms with Crippen molar-refractivity contribution in [3.05, 3.63) is 46.7 Å². The van der Waals surface area contributed by atoms with Gasteiger partial charge in [-0.1, -0.05) is 0 Å². The average Bonchev–Trinajstić information content (AvgIpc) is 2.81. The molecule has 2 aromatic heterocycles. The van der Waals surface area contributed by atoms with Gasteiger partial charge in [0.05, 0.1) is 5.01 Å². The molecule has 2 aromatic rings. The van der Waals surface area contributed by atoms with E-state index in [1.807, 2.05) is 36.1 Å². The van der Waals surface area contributed by atoms with Crippen LogP contribution in [0.4, 0.5) is 0 Å². The fraction of sp³-hybridized carbons (Fsp3) is 0.333. The van der Waals surface area contributed by atoms with Gasteiger partial charge in [-0.2, -0.15) is 0 Å². The molecule has 0 spiro atoms. The zero-order chi connectivity index (χ0) is 11.2. The highest BCUT2D eigenvalue weighted by Gasteiger charge is 2.06. The minimum Gasteiger partial charge on any atom is -0.327 e. The van der Waals surface area contributed by atoms with E-state index >= 15 is 0 Å². The van der Waals surface area contributed by atoms with Gasteiger partial charge in [0.25, 0.3) is 0 Å². The average molecular weight is 233 g/mol. The minimum absolute atomic E-state index is 0.194.